The highest BCUT2D eigenvalue weighted by atomic mass is 16.1. The highest BCUT2D eigenvalue weighted by Crippen LogP contribution is 2.28. The monoisotopic (exact) mass is 183 g/mol. The van der Waals surface area contributed by atoms with E-state index in [1.165, 1.54) is 25.7 Å². The molecule has 0 aromatic heterocycles. The summed E-state index contributed by atoms with van der Waals surface area (Å²) < 4.78 is 0. The molecule has 0 radical (unpaired) electrons. The van der Waals surface area contributed by atoms with Gasteiger partial charge in [-0.05, 0) is 26.8 Å². The number of Topliss-reactive ketones (excluding diaryl/α,β-unsaturated/α-hetero) is 1. The van der Waals surface area contributed by atoms with Crippen LogP contribution in [0.25, 0.3) is 0 Å². The Morgan fingerprint density at radius 3 is 2.38 bits per heavy atom. The predicted molar refractivity (Wildman–Crippen MR) is 54.7 cm³/mol. The third-order valence-corrected chi connectivity index (χ3v) is 3.27. The van der Waals surface area contributed by atoms with E-state index in [4.69, 9.17) is 0 Å². The fraction of sp³-hybridized carbons (Fsp3) is 0.909. The van der Waals surface area contributed by atoms with Crippen molar-refractivity contribution in [3.8, 4) is 0 Å². The van der Waals surface area contributed by atoms with Gasteiger partial charge in [-0.15, -0.1) is 0 Å². The Labute approximate surface area is 81.1 Å². The smallest absolute Gasteiger partial charge is 0.152 e. The van der Waals surface area contributed by atoms with E-state index in [1.807, 2.05) is 20.9 Å². The Bertz CT molecular complexity index is 181. The van der Waals surface area contributed by atoms with E-state index < -0.39 is 0 Å². The third-order valence-electron chi connectivity index (χ3n) is 3.27. The van der Waals surface area contributed by atoms with Crippen molar-refractivity contribution in [2.45, 2.75) is 51.5 Å². The molecule has 0 aromatic carbocycles. The van der Waals surface area contributed by atoms with E-state index >= 15 is 0 Å². The van der Waals surface area contributed by atoms with Gasteiger partial charge in [-0.3, -0.25) is 4.79 Å². The van der Waals surface area contributed by atoms with Crippen LogP contribution < -0.4 is 5.32 Å². The van der Waals surface area contributed by atoms with E-state index in [1.54, 1.807) is 0 Å². The maximum absolute atomic E-state index is 11.8. The van der Waals surface area contributed by atoms with Gasteiger partial charge in [0.25, 0.3) is 0 Å². The highest BCUT2D eigenvalue weighted by molar-refractivity contribution is 5.87. The largest absolute Gasteiger partial charge is 0.308 e. The Balaban J connectivity index is 2.39. The fourth-order valence-corrected chi connectivity index (χ4v) is 1.87. The molecular formula is C11H21NO. The van der Waals surface area contributed by atoms with E-state index in [2.05, 4.69) is 5.32 Å². The standard InChI is InChI=1S/C11H21NO/c1-11(2,12-3)10(13)8-9-6-4-5-7-9/h9,12H,4-8H2,1-3H3. The van der Waals surface area contributed by atoms with Crippen LogP contribution in [0.5, 0.6) is 0 Å². The molecule has 0 unspecified atom stereocenters. The van der Waals surface area contributed by atoms with Crippen molar-refractivity contribution in [1.82, 2.24) is 5.32 Å². The maximum atomic E-state index is 11.8. The second kappa shape index (κ2) is 4.23. The number of hydrogen-bond donors (Lipinski definition) is 1. The van der Waals surface area contributed by atoms with Gasteiger partial charge in [-0.25, -0.2) is 0 Å². The normalized spacial score (nSPS) is 19.3. The zero-order valence-corrected chi connectivity index (χ0v) is 9.02. The van der Waals surface area contributed by atoms with E-state index in [0.29, 0.717) is 11.7 Å². The molecule has 76 valence electrons. The molecule has 0 heterocycles. The van der Waals surface area contributed by atoms with E-state index in [-0.39, 0.29) is 5.54 Å². The zero-order chi connectivity index (χ0) is 9.90. The molecule has 0 spiro atoms. The number of carbonyl (C=O) groups is 1. The minimum atomic E-state index is -0.331. The van der Waals surface area contributed by atoms with Crippen LogP contribution in [-0.2, 0) is 4.79 Å². The summed E-state index contributed by atoms with van der Waals surface area (Å²) in [7, 11) is 1.85. The van der Waals surface area contributed by atoms with Crippen molar-refractivity contribution in [1.29, 1.82) is 0 Å². The minimum Gasteiger partial charge on any atom is -0.308 e. The Kier molecular flexibility index (Phi) is 3.48. The van der Waals surface area contributed by atoms with Crippen LogP contribution in [0.1, 0.15) is 46.0 Å². The third kappa shape index (κ3) is 2.80. The number of rotatable bonds is 4. The molecule has 1 fully saturated rings. The predicted octanol–water partition coefficient (Wildman–Crippen LogP) is 2.13. The van der Waals surface area contributed by atoms with Gasteiger partial charge in [0.1, 0.15) is 0 Å². The number of carbonyl (C=O) groups excluding carboxylic acids is 1. The molecule has 2 nitrogen and oxygen atoms in total. The van der Waals surface area contributed by atoms with Crippen LogP contribution in [0.4, 0.5) is 0 Å². The number of hydrogen-bond acceptors (Lipinski definition) is 2. The van der Waals surface area contributed by atoms with Crippen LogP contribution in [0.15, 0.2) is 0 Å². The van der Waals surface area contributed by atoms with Gasteiger partial charge in [0.2, 0.25) is 0 Å². The van der Waals surface area contributed by atoms with Crippen LogP contribution in [-0.4, -0.2) is 18.4 Å². The van der Waals surface area contributed by atoms with Crippen LogP contribution in [0, 0.1) is 5.92 Å². The topological polar surface area (TPSA) is 29.1 Å². The Morgan fingerprint density at radius 2 is 1.92 bits per heavy atom. The molecule has 0 saturated heterocycles. The molecule has 1 saturated carbocycles. The van der Waals surface area contributed by atoms with E-state index in [0.717, 1.165) is 6.42 Å². The SMILES string of the molecule is CNC(C)(C)C(=O)CC1CCCC1. The zero-order valence-electron chi connectivity index (χ0n) is 9.02. The Morgan fingerprint density at radius 1 is 1.38 bits per heavy atom. The van der Waals surface area contributed by atoms with Gasteiger partial charge >= 0.3 is 0 Å². The van der Waals surface area contributed by atoms with Gasteiger partial charge in [0, 0.05) is 6.42 Å². The summed E-state index contributed by atoms with van der Waals surface area (Å²) >= 11 is 0. The molecule has 1 aliphatic carbocycles. The quantitative estimate of drug-likeness (QED) is 0.723. The van der Waals surface area contributed by atoms with E-state index in [9.17, 15) is 4.79 Å². The summed E-state index contributed by atoms with van der Waals surface area (Å²) in [6.07, 6.45) is 5.92. The van der Waals surface area contributed by atoms with Crippen LogP contribution >= 0.6 is 0 Å². The lowest BCUT2D eigenvalue weighted by Gasteiger charge is -2.23. The number of likely N-dealkylation sites (N-methyl/N-ethyl adjacent to an activating group) is 1. The average Bonchev–Trinajstić information content (AvgIpc) is 2.57. The molecule has 2 heteroatoms. The van der Waals surface area contributed by atoms with Gasteiger partial charge in [-0.1, -0.05) is 25.7 Å². The summed E-state index contributed by atoms with van der Waals surface area (Å²) in [5.74, 6) is 1.03. The molecule has 1 rings (SSSR count). The molecule has 0 bridgehead atoms. The second-order valence-corrected chi connectivity index (χ2v) is 4.65. The molecule has 0 aliphatic heterocycles. The van der Waals surface area contributed by atoms with Crippen molar-refractivity contribution < 1.29 is 4.79 Å². The summed E-state index contributed by atoms with van der Waals surface area (Å²) in [6.45, 7) is 3.93. The van der Waals surface area contributed by atoms with Crippen LogP contribution in [0.2, 0.25) is 0 Å². The summed E-state index contributed by atoms with van der Waals surface area (Å²) in [5, 5.41) is 3.07. The molecule has 0 amide bonds. The average molecular weight is 183 g/mol. The summed E-state index contributed by atoms with van der Waals surface area (Å²) in [4.78, 5) is 11.8. The maximum Gasteiger partial charge on any atom is 0.152 e. The molecular weight excluding hydrogens is 162 g/mol. The fourth-order valence-electron chi connectivity index (χ4n) is 1.87. The second-order valence-electron chi connectivity index (χ2n) is 4.65. The summed E-state index contributed by atoms with van der Waals surface area (Å²) in [5.41, 5.74) is -0.331. The summed E-state index contributed by atoms with van der Waals surface area (Å²) in [6, 6.07) is 0. The molecule has 0 atom stereocenters. The molecule has 0 aromatic rings. The number of ketones is 1. The lowest BCUT2D eigenvalue weighted by Crippen LogP contribution is -2.45. The first kappa shape index (κ1) is 10.7. The highest BCUT2D eigenvalue weighted by Gasteiger charge is 2.28. The first-order valence-electron chi connectivity index (χ1n) is 5.28. The lowest BCUT2D eigenvalue weighted by atomic mass is 9.90. The van der Waals surface area contributed by atoms with Crippen molar-refractivity contribution in [3.05, 3.63) is 0 Å². The first-order valence-corrected chi connectivity index (χ1v) is 5.28. The Hall–Kier alpha value is -0.370. The van der Waals surface area contributed by atoms with Gasteiger partial charge in [-0.2, -0.15) is 0 Å². The van der Waals surface area contributed by atoms with Crippen molar-refractivity contribution in [2.75, 3.05) is 7.05 Å². The van der Waals surface area contributed by atoms with Gasteiger partial charge in [0.05, 0.1) is 5.54 Å². The van der Waals surface area contributed by atoms with Crippen molar-refractivity contribution in [3.63, 3.8) is 0 Å². The number of nitrogens with one attached hydrogen (secondary N) is 1. The minimum absolute atomic E-state index is 0.331. The molecule has 13 heavy (non-hydrogen) atoms. The van der Waals surface area contributed by atoms with Crippen molar-refractivity contribution in [2.24, 2.45) is 5.92 Å². The van der Waals surface area contributed by atoms with Gasteiger partial charge < -0.3 is 5.32 Å². The first-order chi connectivity index (χ1) is 6.06. The lowest BCUT2D eigenvalue weighted by molar-refractivity contribution is -0.125. The van der Waals surface area contributed by atoms with Crippen LogP contribution in [0.3, 0.4) is 0 Å². The van der Waals surface area contributed by atoms with Gasteiger partial charge in [0.15, 0.2) is 5.78 Å². The molecule has 1 N–H and O–H groups in total. The molecule has 1 aliphatic rings. The van der Waals surface area contributed by atoms with Crippen molar-refractivity contribution >= 4 is 5.78 Å².